The van der Waals surface area contributed by atoms with Crippen molar-refractivity contribution >= 4 is 5.97 Å². The van der Waals surface area contributed by atoms with Gasteiger partial charge in [0.25, 0.3) is 0 Å². The van der Waals surface area contributed by atoms with E-state index < -0.39 is 5.60 Å². The van der Waals surface area contributed by atoms with Crippen molar-refractivity contribution in [2.24, 2.45) is 5.73 Å². The van der Waals surface area contributed by atoms with Crippen LogP contribution in [0.2, 0.25) is 0 Å². The van der Waals surface area contributed by atoms with E-state index in [0.29, 0.717) is 6.54 Å². The van der Waals surface area contributed by atoms with Gasteiger partial charge in [0.05, 0.1) is 0 Å². The third kappa shape index (κ3) is 8.82. The van der Waals surface area contributed by atoms with Crippen molar-refractivity contribution in [2.75, 3.05) is 6.54 Å². The van der Waals surface area contributed by atoms with Gasteiger partial charge >= 0.3 is 5.97 Å². The second-order valence-corrected chi connectivity index (χ2v) is 3.56. The fourth-order valence-corrected chi connectivity index (χ4v) is 0.627. The normalized spacial score (nSPS) is 12.6. The maximum atomic E-state index is 11.0. The average molecular weight is 183 g/mol. The Hall–Kier alpha value is -1.09. The summed E-state index contributed by atoms with van der Waals surface area (Å²) in [5.41, 5.74) is 4.78. The number of rotatable bonds is 3. The van der Waals surface area contributed by atoms with Gasteiger partial charge in [-0.1, -0.05) is 18.2 Å². The molecule has 0 rings (SSSR count). The van der Waals surface area contributed by atoms with Crippen LogP contribution in [-0.4, -0.2) is 18.1 Å². The molecule has 0 aromatic rings. The monoisotopic (exact) mass is 183 g/mol. The van der Waals surface area contributed by atoms with Crippen molar-refractivity contribution in [2.45, 2.75) is 26.4 Å². The van der Waals surface area contributed by atoms with Crippen LogP contribution < -0.4 is 5.73 Å². The van der Waals surface area contributed by atoms with E-state index in [1.54, 1.807) is 18.2 Å². The first-order valence-electron chi connectivity index (χ1n) is 4.22. The highest BCUT2D eigenvalue weighted by Crippen LogP contribution is 2.06. The van der Waals surface area contributed by atoms with Crippen LogP contribution in [0.5, 0.6) is 0 Å². The molecule has 0 saturated heterocycles. The third-order valence-electron chi connectivity index (χ3n) is 1.02. The first-order valence-corrected chi connectivity index (χ1v) is 4.22. The van der Waals surface area contributed by atoms with Crippen LogP contribution in [0.15, 0.2) is 24.3 Å². The van der Waals surface area contributed by atoms with E-state index in [0.717, 1.165) is 0 Å². The molecule has 0 heterocycles. The Morgan fingerprint density at radius 1 is 1.38 bits per heavy atom. The van der Waals surface area contributed by atoms with E-state index in [4.69, 9.17) is 10.5 Å². The minimum absolute atomic E-state index is 0.339. The van der Waals surface area contributed by atoms with Gasteiger partial charge in [-0.05, 0) is 20.8 Å². The smallest absolute Gasteiger partial charge is 0.331 e. The van der Waals surface area contributed by atoms with E-state index in [9.17, 15) is 4.79 Å². The van der Waals surface area contributed by atoms with Gasteiger partial charge in [-0.2, -0.15) is 0 Å². The van der Waals surface area contributed by atoms with Crippen LogP contribution in [0.3, 0.4) is 0 Å². The van der Waals surface area contributed by atoms with Crippen LogP contribution in [0.25, 0.3) is 0 Å². The Morgan fingerprint density at radius 3 is 2.46 bits per heavy atom. The molecule has 0 atom stereocenters. The van der Waals surface area contributed by atoms with Gasteiger partial charge in [0, 0.05) is 12.6 Å². The summed E-state index contributed by atoms with van der Waals surface area (Å²) in [7, 11) is 0. The summed E-state index contributed by atoms with van der Waals surface area (Å²) < 4.78 is 5.03. The van der Waals surface area contributed by atoms with Gasteiger partial charge in [0.1, 0.15) is 5.60 Å². The van der Waals surface area contributed by atoms with Crippen LogP contribution in [0.4, 0.5) is 0 Å². The molecule has 0 aromatic carbocycles. The summed E-state index contributed by atoms with van der Waals surface area (Å²) in [6.07, 6.45) is 6.45. The molecule has 13 heavy (non-hydrogen) atoms. The topological polar surface area (TPSA) is 52.3 Å². The lowest BCUT2D eigenvalue weighted by molar-refractivity contribution is -0.148. The van der Waals surface area contributed by atoms with Crippen molar-refractivity contribution in [3.63, 3.8) is 0 Å². The van der Waals surface area contributed by atoms with Crippen molar-refractivity contribution in [1.82, 2.24) is 0 Å². The third-order valence-corrected chi connectivity index (χ3v) is 1.02. The fraction of sp³-hybridized carbons (Fsp3) is 0.500. The molecule has 74 valence electrons. The van der Waals surface area contributed by atoms with Gasteiger partial charge < -0.3 is 10.5 Å². The van der Waals surface area contributed by atoms with E-state index >= 15 is 0 Å². The lowest BCUT2D eigenvalue weighted by Gasteiger charge is -2.17. The van der Waals surface area contributed by atoms with Gasteiger partial charge in [-0.25, -0.2) is 4.79 Å². The maximum absolute atomic E-state index is 11.0. The first kappa shape index (κ1) is 11.9. The second kappa shape index (κ2) is 5.54. The first-order chi connectivity index (χ1) is 5.95. The minimum Gasteiger partial charge on any atom is -0.457 e. The highest BCUT2D eigenvalue weighted by atomic mass is 16.6. The molecule has 0 fully saturated rings. The molecule has 0 aliphatic heterocycles. The van der Waals surface area contributed by atoms with Crippen LogP contribution in [0, 0.1) is 0 Å². The van der Waals surface area contributed by atoms with E-state index in [-0.39, 0.29) is 5.97 Å². The predicted octanol–water partition coefficient (Wildman–Crippen LogP) is 1.40. The molecule has 0 aliphatic carbocycles. The Kier molecular flexibility index (Phi) is 5.07. The van der Waals surface area contributed by atoms with Gasteiger partial charge in [0.15, 0.2) is 0 Å². The van der Waals surface area contributed by atoms with Gasteiger partial charge in [-0.3, -0.25) is 0 Å². The number of ether oxygens (including phenoxy) is 1. The van der Waals surface area contributed by atoms with Gasteiger partial charge in [0.2, 0.25) is 0 Å². The van der Waals surface area contributed by atoms with Crippen LogP contribution in [0.1, 0.15) is 20.8 Å². The van der Waals surface area contributed by atoms with E-state index in [1.807, 2.05) is 20.8 Å². The molecule has 0 saturated carbocycles. The largest absolute Gasteiger partial charge is 0.457 e. The summed E-state index contributed by atoms with van der Waals surface area (Å²) in [5, 5.41) is 0. The molecular weight excluding hydrogens is 166 g/mol. The SMILES string of the molecule is CC(C)(C)OC(=O)/C=C/C=C/CN. The Morgan fingerprint density at radius 2 is 2.00 bits per heavy atom. The number of carbonyl (C=O) groups is 1. The highest BCUT2D eigenvalue weighted by Gasteiger charge is 2.13. The molecule has 0 spiro atoms. The molecule has 0 aliphatic rings. The summed E-state index contributed by atoms with van der Waals surface area (Å²) >= 11 is 0. The average Bonchev–Trinajstić information content (AvgIpc) is 1.94. The van der Waals surface area contributed by atoms with Crippen LogP contribution in [-0.2, 0) is 9.53 Å². The Bertz CT molecular complexity index is 211. The summed E-state index contributed by atoms with van der Waals surface area (Å²) in [6, 6.07) is 0. The number of esters is 1. The van der Waals surface area contributed by atoms with Crippen molar-refractivity contribution in [3.05, 3.63) is 24.3 Å². The minimum atomic E-state index is -0.432. The highest BCUT2D eigenvalue weighted by molar-refractivity contribution is 5.82. The van der Waals surface area contributed by atoms with E-state index in [2.05, 4.69) is 0 Å². The molecule has 2 N–H and O–H groups in total. The lowest BCUT2D eigenvalue weighted by atomic mass is 10.2. The number of carbonyl (C=O) groups excluding carboxylic acids is 1. The zero-order chi connectivity index (χ0) is 10.3. The van der Waals surface area contributed by atoms with Crippen molar-refractivity contribution in [3.8, 4) is 0 Å². The molecule has 0 bridgehead atoms. The Balaban J connectivity index is 3.88. The number of hydrogen-bond acceptors (Lipinski definition) is 3. The number of hydrogen-bond donors (Lipinski definition) is 1. The molecule has 0 aromatic heterocycles. The standard InChI is InChI=1S/C10H17NO2/c1-10(2,3)13-9(12)7-5-4-6-8-11/h4-7H,8,11H2,1-3H3/b6-4+,7-5+. The van der Waals surface area contributed by atoms with E-state index in [1.165, 1.54) is 6.08 Å². The van der Waals surface area contributed by atoms with Crippen LogP contribution >= 0.6 is 0 Å². The summed E-state index contributed by atoms with van der Waals surface area (Å²) in [4.78, 5) is 11.0. The number of nitrogens with two attached hydrogens (primary N) is 1. The fourth-order valence-electron chi connectivity index (χ4n) is 0.627. The quantitative estimate of drug-likeness (QED) is 0.409. The summed E-state index contributed by atoms with van der Waals surface area (Å²) in [6.45, 7) is 5.95. The molecule has 3 heteroatoms. The molecule has 0 radical (unpaired) electrons. The molecule has 3 nitrogen and oxygen atoms in total. The zero-order valence-corrected chi connectivity index (χ0v) is 8.41. The number of allylic oxidation sites excluding steroid dienone is 2. The zero-order valence-electron chi connectivity index (χ0n) is 8.41. The van der Waals surface area contributed by atoms with Crippen molar-refractivity contribution in [1.29, 1.82) is 0 Å². The van der Waals surface area contributed by atoms with Gasteiger partial charge in [-0.15, -0.1) is 0 Å². The Labute approximate surface area is 79.3 Å². The molecular formula is C10H17NO2. The summed E-state index contributed by atoms with van der Waals surface area (Å²) in [5.74, 6) is -0.339. The van der Waals surface area contributed by atoms with Crippen molar-refractivity contribution < 1.29 is 9.53 Å². The maximum Gasteiger partial charge on any atom is 0.331 e. The molecule has 0 unspecified atom stereocenters. The second-order valence-electron chi connectivity index (χ2n) is 3.56. The molecule has 0 amide bonds. The predicted molar refractivity (Wildman–Crippen MR) is 53.2 cm³/mol. The lowest BCUT2D eigenvalue weighted by Crippen LogP contribution is -2.22.